The third-order valence-electron chi connectivity index (χ3n) is 5.55. The maximum atomic E-state index is 6.42. The van der Waals surface area contributed by atoms with Crippen LogP contribution in [-0.4, -0.2) is 0 Å². The minimum atomic E-state index is 0.208. The highest BCUT2D eigenvalue weighted by molar-refractivity contribution is 5.95. The number of furan rings is 1. The van der Waals surface area contributed by atoms with Gasteiger partial charge in [-0.25, -0.2) is 0 Å². The van der Waals surface area contributed by atoms with Gasteiger partial charge in [-0.3, -0.25) is 0 Å². The van der Waals surface area contributed by atoms with Gasteiger partial charge >= 0.3 is 5.95 Å². The fourth-order valence-electron chi connectivity index (χ4n) is 3.86. The zero-order chi connectivity index (χ0) is 24.9. The van der Waals surface area contributed by atoms with Crippen molar-refractivity contribution in [2.75, 3.05) is 0 Å². The summed E-state index contributed by atoms with van der Waals surface area (Å²) >= 11 is 0. The summed E-state index contributed by atoms with van der Waals surface area (Å²) in [5, 5.41) is 0.590. The number of fused-ring (bicyclic) bond motifs is 1. The molecule has 0 saturated carbocycles. The van der Waals surface area contributed by atoms with Crippen molar-refractivity contribution in [1.29, 1.82) is 0 Å². The molecule has 6 aromatic rings. The lowest BCUT2D eigenvalue weighted by Crippen LogP contribution is -1.93. The topological polar surface area (TPSA) is 50.1 Å². The second-order valence-corrected chi connectivity index (χ2v) is 8.15. The number of ether oxygens (including phenoxy) is 4. The van der Waals surface area contributed by atoms with E-state index in [0.717, 1.165) is 0 Å². The van der Waals surface area contributed by atoms with Gasteiger partial charge < -0.3 is 23.4 Å². The quantitative estimate of drug-likeness (QED) is 0.214. The fourth-order valence-corrected chi connectivity index (χ4v) is 3.86. The Balaban J connectivity index is 1.54. The lowest BCUT2D eigenvalue weighted by molar-refractivity contribution is 0.334. The predicted molar refractivity (Wildman–Crippen MR) is 142 cm³/mol. The van der Waals surface area contributed by atoms with Crippen LogP contribution in [0.1, 0.15) is 0 Å². The van der Waals surface area contributed by atoms with Gasteiger partial charge in [0.05, 0.1) is 0 Å². The second kappa shape index (κ2) is 10.2. The molecule has 0 fully saturated rings. The van der Waals surface area contributed by atoms with E-state index >= 15 is 0 Å². The van der Waals surface area contributed by atoms with Crippen LogP contribution in [0.25, 0.3) is 11.0 Å². The van der Waals surface area contributed by atoms with Crippen molar-refractivity contribution < 1.29 is 23.4 Å². The van der Waals surface area contributed by atoms with Crippen LogP contribution in [0.2, 0.25) is 0 Å². The average molecular weight is 487 g/mol. The van der Waals surface area contributed by atoms with Gasteiger partial charge in [-0.05, 0) is 60.7 Å². The number of rotatable bonds is 8. The van der Waals surface area contributed by atoms with E-state index in [0.29, 0.717) is 51.2 Å². The lowest BCUT2D eigenvalue weighted by Gasteiger charge is -2.14. The van der Waals surface area contributed by atoms with Gasteiger partial charge in [0.1, 0.15) is 34.0 Å². The molecule has 0 aliphatic rings. The Kier molecular flexibility index (Phi) is 6.16. The van der Waals surface area contributed by atoms with Crippen molar-refractivity contribution in [3.63, 3.8) is 0 Å². The molecule has 0 N–H and O–H groups in total. The van der Waals surface area contributed by atoms with Crippen molar-refractivity contribution in [2.24, 2.45) is 0 Å². The Morgan fingerprint density at radius 1 is 0.378 bits per heavy atom. The summed E-state index contributed by atoms with van der Waals surface area (Å²) in [4.78, 5) is 0. The number of hydrogen-bond donors (Lipinski definition) is 0. The number of benzene rings is 5. The summed E-state index contributed by atoms with van der Waals surface area (Å²) in [7, 11) is 0. The van der Waals surface area contributed by atoms with E-state index in [9.17, 15) is 0 Å². The Labute approximate surface area is 214 Å². The molecule has 37 heavy (non-hydrogen) atoms. The third-order valence-corrected chi connectivity index (χ3v) is 5.55. The standard InChI is InChI=1S/C32H22O5/c1-5-13-23(14-6-1)33-28-22-21-27-29(30(28)34-24-15-7-2-8-16-24)31(35-25-17-9-3-10-18-25)32(37-27)36-26-19-11-4-12-20-26/h1-22H. The molecule has 6 rings (SSSR count). The van der Waals surface area contributed by atoms with E-state index < -0.39 is 0 Å². The largest absolute Gasteiger partial charge is 0.453 e. The van der Waals surface area contributed by atoms with Crippen molar-refractivity contribution in [2.45, 2.75) is 0 Å². The summed E-state index contributed by atoms with van der Waals surface area (Å²) in [5.74, 6) is 4.11. The predicted octanol–water partition coefficient (Wildman–Crippen LogP) is 9.60. The molecule has 5 aromatic carbocycles. The number of para-hydroxylation sites is 4. The molecule has 1 aromatic heterocycles. The zero-order valence-corrected chi connectivity index (χ0v) is 19.7. The molecule has 5 heteroatoms. The fraction of sp³-hybridized carbons (Fsp3) is 0. The average Bonchev–Trinajstić information content (AvgIpc) is 3.29. The lowest BCUT2D eigenvalue weighted by atomic mass is 10.2. The van der Waals surface area contributed by atoms with Gasteiger partial charge in [0.15, 0.2) is 11.5 Å². The molecule has 0 amide bonds. The normalized spacial score (nSPS) is 10.7. The maximum absolute atomic E-state index is 6.42. The molecule has 0 radical (unpaired) electrons. The summed E-state index contributed by atoms with van der Waals surface area (Å²) in [6.07, 6.45) is 0. The summed E-state index contributed by atoms with van der Waals surface area (Å²) < 4.78 is 31.4. The molecule has 0 unspecified atom stereocenters. The molecular formula is C32H22O5. The van der Waals surface area contributed by atoms with E-state index in [4.69, 9.17) is 23.4 Å². The minimum Gasteiger partial charge on any atom is -0.453 e. The first-order valence-electron chi connectivity index (χ1n) is 11.8. The van der Waals surface area contributed by atoms with Crippen LogP contribution in [0.4, 0.5) is 0 Å². The van der Waals surface area contributed by atoms with Gasteiger partial charge in [-0.1, -0.05) is 72.8 Å². The second-order valence-electron chi connectivity index (χ2n) is 8.15. The first kappa shape index (κ1) is 22.3. The van der Waals surface area contributed by atoms with E-state index in [2.05, 4.69) is 0 Å². The first-order valence-corrected chi connectivity index (χ1v) is 11.8. The van der Waals surface area contributed by atoms with Gasteiger partial charge in [-0.15, -0.1) is 0 Å². The highest BCUT2D eigenvalue weighted by atomic mass is 16.6. The van der Waals surface area contributed by atoms with Gasteiger partial charge in [0, 0.05) is 0 Å². The Morgan fingerprint density at radius 3 is 1.32 bits per heavy atom. The molecule has 5 nitrogen and oxygen atoms in total. The first-order chi connectivity index (χ1) is 18.3. The molecule has 0 atom stereocenters. The SMILES string of the molecule is c1ccc(Oc2ccc3oc(Oc4ccccc4)c(Oc4ccccc4)c3c2Oc2ccccc2)cc1. The third kappa shape index (κ3) is 4.97. The Bertz CT molecular complexity index is 1560. The van der Waals surface area contributed by atoms with E-state index in [1.54, 1.807) is 0 Å². The van der Waals surface area contributed by atoms with Crippen molar-refractivity contribution in [3.05, 3.63) is 133 Å². The smallest absolute Gasteiger partial charge is 0.336 e. The van der Waals surface area contributed by atoms with Crippen LogP contribution in [0.3, 0.4) is 0 Å². The van der Waals surface area contributed by atoms with Crippen molar-refractivity contribution >= 4 is 11.0 Å². The van der Waals surface area contributed by atoms with Crippen LogP contribution in [0.5, 0.6) is 46.2 Å². The van der Waals surface area contributed by atoms with Crippen LogP contribution in [0, 0.1) is 0 Å². The van der Waals surface area contributed by atoms with Crippen LogP contribution < -0.4 is 18.9 Å². The van der Waals surface area contributed by atoms with Crippen LogP contribution in [0.15, 0.2) is 138 Å². The molecule has 0 saturated heterocycles. The molecule has 0 bridgehead atoms. The molecular weight excluding hydrogens is 464 g/mol. The number of hydrogen-bond acceptors (Lipinski definition) is 5. The summed E-state index contributed by atoms with van der Waals surface area (Å²) in [5.41, 5.74) is 0.531. The van der Waals surface area contributed by atoms with Gasteiger partial charge in [0.2, 0.25) is 5.75 Å². The van der Waals surface area contributed by atoms with E-state index in [1.807, 2.05) is 133 Å². The minimum absolute atomic E-state index is 0.208. The molecule has 180 valence electrons. The Hall–Kier alpha value is -5.16. The van der Waals surface area contributed by atoms with Gasteiger partial charge in [0.25, 0.3) is 0 Å². The van der Waals surface area contributed by atoms with Gasteiger partial charge in [-0.2, -0.15) is 0 Å². The molecule has 1 heterocycles. The van der Waals surface area contributed by atoms with Crippen molar-refractivity contribution in [1.82, 2.24) is 0 Å². The molecule has 0 aliphatic heterocycles. The summed E-state index contributed by atoms with van der Waals surface area (Å²) in [6.45, 7) is 0. The molecule has 0 spiro atoms. The van der Waals surface area contributed by atoms with E-state index in [1.165, 1.54) is 0 Å². The Morgan fingerprint density at radius 2 is 0.811 bits per heavy atom. The summed E-state index contributed by atoms with van der Waals surface area (Å²) in [6, 6.07) is 41.6. The highest BCUT2D eigenvalue weighted by Gasteiger charge is 2.26. The van der Waals surface area contributed by atoms with Crippen LogP contribution >= 0.6 is 0 Å². The van der Waals surface area contributed by atoms with Crippen LogP contribution in [-0.2, 0) is 0 Å². The highest BCUT2D eigenvalue weighted by Crippen LogP contribution is 2.52. The molecule has 0 aliphatic carbocycles. The van der Waals surface area contributed by atoms with Crippen molar-refractivity contribution in [3.8, 4) is 46.2 Å². The monoisotopic (exact) mass is 486 g/mol. The zero-order valence-electron chi connectivity index (χ0n) is 19.7. The maximum Gasteiger partial charge on any atom is 0.336 e. The van der Waals surface area contributed by atoms with E-state index in [-0.39, 0.29) is 5.95 Å².